The second kappa shape index (κ2) is 15.8. The molecule has 1 aliphatic rings. The Morgan fingerprint density at radius 2 is 0.750 bits per heavy atom. The Labute approximate surface area is 352 Å². The molecule has 318 valence electrons. The van der Waals surface area contributed by atoms with E-state index < -0.39 is 23.4 Å². The first kappa shape index (κ1) is 49.4. The van der Waals surface area contributed by atoms with Gasteiger partial charge in [-0.25, -0.2) is 0 Å². The molecule has 0 N–H and O–H groups in total. The molecule has 1 heterocycles. The fourth-order valence-electron chi connectivity index (χ4n) is 7.65. The molecule has 1 nitrogen and oxygen atoms in total. The molecule has 0 amide bonds. The van der Waals surface area contributed by atoms with Gasteiger partial charge in [0.25, 0.3) is 0 Å². The highest BCUT2D eigenvalue weighted by Gasteiger charge is 2.46. The van der Waals surface area contributed by atoms with Gasteiger partial charge in [-0.1, -0.05) is 190 Å². The molecular formula is C52H90OP2Si. The summed E-state index contributed by atoms with van der Waals surface area (Å²) in [4.78, 5) is 0. The van der Waals surface area contributed by atoms with Crippen LogP contribution in [0.15, 0.2) is 24.3 Å². The van der Waals surface area contributed by atoms with Crippen LogP contribution in [-0.4, -0.2) is 36.3 Å². The predicted octanol–water partition coefficient (Wildman–Crippen LogP) is 16.7. The van der Waals surface area contributed by atoms with Crippen LogP contribution < -0.4 is 0 Å². The summed E-state index contributed by atoms with van der Waals surface area (Å²) in [5.74, 6) is 0. The number of hydrogen-bond donors (Lipinski definition) is 0. The molecule has 0 spiro atoms. The first-order valence-corrected chi connectivity index (χ1v) is 27.8. The largest absolute Gasteiger partial charge is 0.417 e. The minimum Gasteiger partial charge on any atom is -0.417 e. The molecule has 0 saturated heterocycles. The lowest BCUT2D eigenvalue weighted by Gasteiger charge is -2.48. The summed E-state index contributed by atoms with van der Waals surface area (Å²) in [5, 5.41) is 4.01. The van der Waals surface area contributed by atoms with Crippen molar-refractivity contribution in [1.29, 1.82) is 0 Å². The lowest BCUT2D eigenvalue weighted by Crippen LogP contribution is -2.41. The number of unbranched alkanes of at least 4 members (excludes halogenated alkanes) is 1. The van der Waals surface area contributed by atoms with E-state index in [9.17, 15) is 0 Å². The molecule has 3 rings (SSSR count). The van der Waals surface area contributed by atoms with Crippen LogP contribution in [-0.2, 0) is 36.9 Å². The second-order valence-corrected chi connectivity index (χ2v) is 36.6. The van der Waals surface area contributed by atoms with Gasteiger partial charge in [-0.05, 0) is 127 Å². The Hall–Kier alpha value is -0.913. The number of benzene rings is 2. The molecule has 56 heavy (non-hydrogen) atoms. The van der Waals surface area contributed by atoms with Crippen LogP contribution in [0.5, 0.6) is 0 Å². The smallest absolute Gasteiger partial charge is 0.191 e. The van der Waals surface area contributed by atoms with Crippen molar-refractivity contribution in [2.75, 3.05) is 12.8 Å². The van der Waals surface area contributed by atoms with Crippen LogP contribution >= 0.6 is 15.1 Å². The highest BCUT2D eigenvalue weighted by atomic mass is 31.2. The highest BCUT2D eigenvalue weighted by Crippen LogP contribution is 2.69. The quantitative estimate of drug-likeness (QED) is 0.146. The van der Waals surface area contributed by atoms with Crippen LogP contribution in [0.3, 0.4) is 0 Å². The van der Waals surface area contributed by atoms with Crippen molar-refractivity contribution in [2.24, 2.45) is 0 Å². The maximum Gasteiger partial charge on any atom is 0.191 e. The second-order valence-electron chi connectivity index (χ2n) is 26.0. The third-order valence-electron chi connectivity index (χ3n) is 12.3. The Bertz CT molecular complexity index is 1660. The summed E-state index contributed by atoms with van der Waals surface area (Å²) < 4.78 is 6.81. The summed E-state index contributed by atoms with van der Waals surface area (Å²) in [6.07, 6.45) is 3.56. The van der Waals surface area contributed by atoms with Crippen LogP contribution in [0.4, 0.5) is 0 Å². The van der Waals surface area contributed by atoms with E-state index in [-0.39, 0.29) is 42.7 Å². The van der Waals surface area contributed by atoms with Crippen molar-refractivity contribution in [3.05, 3.63) is 68.8 Å². The van der Waals surface area contributed by atoms with Gasteiger partial charge in [-0.15, -0.1) is 7.17 Å². The zero-order valence-electron chi connectivity index (χ0n) is 41.9. The molecule has 0 fully saturated rings. The molecule has 1 aliphatic heterocycles. The van der Waals surface area contributed by atoms with Gasteiger partial charge in [-0.2, -0.15) is 0 Å². The molecule has 0 aromatic heterocycles. The van der Waals surface area contributed by atoms with Crippen LogP contribution in [0.2, 0.25) is 18.1 Å². The van der Waals surface area contributed by atoms with Crippen molar-refractivity contribution in [2.45, 2.75) is 235 Å². The van der Waals surface area contributed by atoms with Crippen molar-refractivity contribution < 1.29 is 4.43 Å². The summed E-state index contributed by atoms with van der Waals surface area (Å²) in [7, 11) is -2.97. The molecule has 0 aliphatic carbocycles. The van der Waals surface area contributed by atoms with Crippen LogP contribution in [0, 0.1) is 0 Å². The molecule has 0 radical (unpaired) electrons. The van der Waals surface area contributed by atoms with Gasteiger partial charge < -0.3 is 4.43 Å². The Morgan fingerprint density at radius 1 is 0.446 bits per heavy atom. The van der Waals surface area contributed by atoms with Gasteiger partial charge in [0.1, 0.15) is 0 Å². The summed E-state index contributed by atoms with van der Waals surface area (Å²) >= 11 is 0. The van der Waals surface area contributed by atoms with E-state index in [1.165, 1.54) is 23.7 Å². The van der Waals surface area contributed by atoms with Gasteiger partial charge >= 0.3 is 0 Å². The molecule has 2 aromatic carbocycles. The molecule has 0 atom stereocenters. The Kier molecular flexibility index (Phi) is 14.0. The topological polar surface area (TPSA) is 9.23 Å². The lowest BCUT2D eigenvalue weighted by molar-refractivity contribution is 0.281. The summed E-state index contributed by atoms with van der Waals surface area (Å²) in [5.41, 5.74) is 12.6. The first-order valence-electron chi connectivity index (χ1n) is 22.0. The SMILES string of the molecule is CC(C)(C)c1cc(C(C)(C)C)c(C2=P(CCCCO[Si](C)(C)C(C)(C)C)=C(c3c(C(C)(C)C)cc(C(C)(C)C)cc3C(C)(C)C)P2C(C)(C)C)c(C(C)(C)C)c1. The molecule has 0 bridgehead atoms. The normalized spacial score (nSPS) is 17.8. The fourth-order valence-corrected chi connectivity index (χ4v) is 18.2. The predicted molar refractivity (Wildman–Crippen MR) is 264 cm³/mol. The maximum absolute atomic E-state index is 6.81. The highest BCUT2D eigenvalue weighted by molar-refractivity contribution is 8.15. The Morgan fingerprint density at radius 3 is 0.982 bits per heavy atom. The van der Waals surface area contributed by atoms with E-state index in [2.05, 4.69) is 204 Å². The van der Waals surface area contributed by atoms with Crippen LogP contribution in [0.1, 0.15) is 224 Å². The monoisotopic (exact) mass is 821 g/mol. The average Bonchev–Trinajstić information content (AvgIpc) is 2.93. The summed E-state index contributed by atoms with van der Waals surface area (Å²) in [6.45, 7) is 64.5. The van der Waals surface area contributed by atoms with Crippen LogP contribution in [0.25, 0.3) is 0 Å². The van der Waals surface area contributed by atoms with Crippen molar-refractivity contribution in [1.82, 2.24) is 0 Å². The fraction of sp³-hybridized carbons (Fsp3) is 0.731. The number of rotatable bonds is 8. The summed E-state index contributed by atoms with van der Waals surface area (Å²) in [6, 6.07) is 10.5. The van der Waals surface area contributed by atoms with Gasteiger partial charge in [-0.3, -0.25) is 0 Å². The van der Waals surface area contributed by atoms with Gasteiger partial charge in [0.15, 0.2) is 8.32 Å². The van der Waals surface area contributed by atoms with Gasteiger partial charge in [0.2, 0.25) is 0 Å². The van der Waals surface area contributed by atoms with E-state index in [1.54, 1.807) is 33.4 Å². The zero-order chi connectivity index (χ0) is 43.8. The van der Waals surface area contributed by atoms with Crippen molar-refractivity contribution in [3.8, 4) is 0 Å². The minimum atomic E-state index is -1.80. The first-order chi connectivity index (χ1) is 24.6. The molecule has 0 saturated carbocycles. The minimum absolute atomic E-state index is 0.0116. The van der Waals surface area contributed by atoms with E-state index in [0.29, 0.717) is 0 Å². The standard InChI is InChI=1S/C52H90OP2Si/c1-45(2,3)35-31-37(47(7,8)9)41(38(32-35)48(10,11)12)43-54(30-28-27-29-53-56(25,26)52(22,23)24)44(55(43)51(19,20)21)42-39(49(13,14)15)33-36(46(4,5)6)34-40(42)50(16,17)18/h31-34H,27-30H2,1-26H3. The molecule has 4 heteroatoms. The van der Waals surface area contributed by atoms with Crippen molar-refractivity contribution in [3.63, 3.8) is 0 Å². The molecular weight excluding hydrogens is 731 g/mol. The molecule has 0 unspecified atom stereocenters. The lowest BCUT2D eigenvalue weighted by atomic mass is 9.72. The van der Waals surface area contributed by atoms with E-state index in [0.717, 1.165) is 13.0 Å². The van der Waals surface area contributed by atoms with Gasteiger partial charge in [0, 0.05) is 16.7 Å². The zero-order valence-corrected chi connectivity index (χ0v) is 44.7. The van der Waals surface area contributed by atoms with Gasteiger partial charge in [0.05, 0.1) is 0 Å². The average molecular weight is 821 g/mol. The van der Waals surface area contributed by atoms with E-state index in [4.69, 9.17) is 4.43 Å². The van der Waals surface area contributed by atoms with Crippen molar-refractivity contribution >= 4 is 33.5 Å². The van der Waals surface area contributed by atoms with E-state index in [1.807, 2.05) is 10.1 Å². The third kappa shape index (κ3) is 10.9. The molecule has 2 aromatic rings. The Balaban J connectivity index is 2.70. The van der Waals surface area contributed by atoms with E-state index >= 15 is 0 Å². The number of hydrogen-bond acceptors (Lipinski definition) is 1. The maximum atomic E-state index is 6.81. The third-order valence-corrected chi connectivity index (χ3v) is 24.4.